The zero-order valence-corrected chi connectivity index (χ0v) is 11.4. The first-order valence-corrected chi connectivity index (χ1v) is 6.22. The van der Waals surface area contributed by atoms with Gasteiger partial charge in [0, 0.05) is 6.61 Å². The molecule has 0 aliphatic rings. The Morgan fingerprint density at radius 3 is 2.24 bits per heavy atom. The van der Waals surface area contributed by atoms with Crippen LogP contribution in [0.2, 0.25) is 5.15 Å². The van der Waals surface area contributed by atoms with E-state index in [1.54, 1.807) is 6.92 Å². The van der Waals surface area contributed by atoms with Crippen molar-refractivity contribution in [1.82, 2.24) is 9.97 Å². The molecular weight excluding hydrogens is 243 g/mol. The van der Waals surface area contributed by atoms with Gasteiger partial charge in [-0.3, -0.25) is 0 Å². The fourth-order valence-electron chi connectivity index (χ4n) is 1.84. The van der Waals surface area contributed by atoms with E-state index < -0.39 is 11.4 Å². The molecule has 0 unspecified atom stereocenters. The lowest BCUT2D eigenvalue weighted by molar-refractivity contribution is -0.0573. The van der Waals surface area contributed by atoms with Gasteiger partial charge in [0.15, 0.2) is 16.8 Å². The summed E-state index contributed by atoms with van der Waals surface area (Å²) in [5, 5.41) is -0.140. The number of ether oxygens (including phenoxy) is 1. The van der Waals surface area contributed by atoms with Gasteiger partial charge in [-0.15, -0.1) is 0 Å². The molecule has 17 heavy (non-hydrogen) atoms. The lowest BCUT2D eigenvalue weighted by atomic mass is 9.96. The van der Waals surface area contributed by atoms with Gasteiger partial charge < -0.3 is 4.74 Å². The summed E-state index contributed by atoms with van der Waals surface area (Å²) in [6, 6.07) is 0. The monoisotopic (exact) mass is 260 g/mol. The van der Waals surface area contributed by atoms with Gasteiger partial charge in [-0.25, -0.2) is 14.4 Å². The maximum Gasteiger partial charge on any atom is 0.181 e. The normalized spacial score (nSPS) is 11.9. The van der Waals surface area contributed by atoms with Gasteiger partial charge >= 0.3 is 0 Å². The topological polar surface area (TPSA) is 35.0 Å². The SMILES string of the molecule is CCOC(CC)(CC)c1nc(C)c(F)c(Cl)n1. The lowest BCUT2D eigenvalue weighted by Gasteiger charge is -2.30. The first-order chi connectivity index (χ1) is 8.00. The van der Waals surface area contributed by atoms with Crippen LogP contribution in [-0.2, 0) is 10.3 Å². The van der Waals surface area contributed by atoms with Crippen LogP contribution in [0.3, 0.4) is 0 Å². The summed E-state index contributed by atoms with van der Waals surface area (Å²) in [6.07, 6.45) is 1.44. The Morgan fingerprint density at radius 1 is 1.24 bits per heavy atom. The van der Waals surface area contributed by atoms with Gasteiger partial charge in [-0.1, -0.05) is 25.4 Å². The molecule has 0 amide bonds. The number of aromatic nitrogens is 2. The van der Waals surface area contributed by atoms with Gasteiger partial charge in [0.2, 0.25) is 0 Å². The van der Waals surface area contributed by atoms with E-state index in [1.165, 1.54) is 0 Å². The summed E-state index contributed by atoms with van der Waals surface area (Å²) in [4.78, 5) is 8.19. The van der Waals surface area contributed by atoms with Gasteiger partial charge in [0.25, 0.3) is 0 Å². The van der Waals surface area contributed by atoms with Crippen LogP contribution in [0.1, 0.15) is 45.1 Å². The van der Waals surface area contributed by atoms with Gasteiger partial charge in [0.1, 0.15) is 5.60 Å². The van der Waals surface area contributed by atoms with Crippen LogP contribution in [0.15, 0.2) is 0 Å². The van der Waals surface area contributed by atoms with Crippen molar-refractivity contribution in [2.24, 2.45) is 0 Å². The zero-order chi connectivity index (χ0) is 13.1. The Morgan fingerprint density at radius 2 is 1.82 bits per heavy atom. The largest absolute Gasteiger partial charge is 0.367 e. The molecule has 0 aromatic carbocycles. The third kappa shape index (κ3) is 2.75. The summed E-state index contributed by atoms with van der Waals surface area (Å²) in [6.45, 7) is 8.04. The number of nitrogens with zero attached hydrogens (tertiary/aromatic N) is 2. The summed E-state index contributed by atoms with van der Waals surface area (Å²) in [5.41, 5.74) is -0.317. The van der Waals surface area contributed by atoms with Crippen LogP contribution in [-0.4, -0.2) is 16.6 Å². The predicted octanol–water partition coefficient (Wildman–Crippen LogP) is 3.63. The highest BCUT2D eigenvalue weighted by molar-refractivity contribution is 6.29. The Labute approximate surface area is 106 Å². The Hall–Kier alpha value is -0.740. The number of halogens is 2. The third-order valence-electron chi connectivity index (χ3n) is 2.95. The third-order valence-corrected chi connectivity index (χ3v) is 3.20. The molecule has 0 bridgehead atoms. The molecule has 0 radical (unpaired) electrons. The maximum absolute atomic E-state index is 13.4. The first-order valence-electron chi connectivity index (χ1n) is 5.84. The molecule has 0 N–H and O–H groups in total. The highest BCUT2D eigenvalue weighted by Crippen LogP contribution is 2.32. The van der Waals surface area contributed by atoms with Gasteiger partial charge in [0.05, 0.1) is 5.69 Å². The second-order valence-electron chi connectivity index (χ2n) is 3.87. The van der Waals surface area contributed by atoms with E-state index in [9.17, 15) is 4.39 Å². The van der Waals surface area contributed by atoms with E-state index in [2.05, 4.69) is 9.97 Å². The fourth-order valence-corrected chi connectivity index (χ4v) is 2.06. The molecule has 0 fully saturated rings. The molecule has 96 valence electrons. The van der Waals surface area contributed by atoms with Crippen molar-refractivity contribution in [1.29, 1.82) is 0 Å². The standard InChI is InChI=1S/C12H18ClFN2O/c1-5-12(6-2,17-7-3)11-15-8(4)9(14)10(13)16-11/h5-7H2,1-4H3. The molecule has 1 heterocycles. The second kappa shape index (κ2) is 5.74. The summed E-state index contributed by atoms with van der Waals surface area (Å²) in [5.74, 6) is -0.0960. The van der Waals surface area contributed by atoms with Crippen LogP contribution in [0, 0.1) is 12.7 Å². The van der Waals surface area contributed by atoms with Crippen molar-refractivity contribution in [3.8, 4) is 0 Å². The van der Waals surface area contributed by atoms with Crippen LogP contribution < -0.4 is 0 Å². The molecule has 0 saturated carbocycles. The Bertz CT molecular complexity index is 371. The molecular formula is C12H18ClFN2O. The van der Waals surface area contributed by atoms with Crippen molar-refractivity contribution in [2.75, 3.05) is 6.61 Å². The van der Waals surface area contributed by atoms with E-state index in [4.69, 9.17) is 16.3 Å². The summed E-state index contributed by atoms with van der Waals surface area (Å²) >= 11 is 5.76. The van der Waals surface area contributed by atoms with Crippen LogP contribution in [0.4, 0.5) is 4.39 Å². The van der Waals surface area contributed by atoms with Crippen molar-refractivity contribution in [3.05, 3.63) is 22.5 Å². The minimum atomic E-state index is -0.573. The van der Waals surface area contributed by atoms with E-state index in [-0.39, 0.29) is 10.8 Å². The van der Waals surface area contributed by atoms with E-state index in [1.807, 2.05) is 20.8 Å². The first kappa shape index (κ1) is 14.3. The van der Waals surface area contributed by atoms with Gasteiger partial charge in [-0.05, 0) is 26.7 Å². The van der Waals surface area contributed by atoms with Crippen LogP contribution in [0.5, 0.6) is 0 Å². The minimum absolute atomic E-state index is 0.140. The summed E-state index contributed by atoms with van der Waals surface area (Å²) < 4.78 is 19.2. The number of hydrogen-bond acceptors (Lipinski definition) is 3. The highest BCUT2D eigenvalue weighted by Gasteiger charge is 2.33. The summed E-state index contributed by atoms with van der Waals surface area (Å²) in [7, 11) is 0. The van der Waals surface area contributed by atoms with Crippen molar-refractivity contribution < 1.29 is 9.13 Å². The molecule has 1 rings (SSSR count). The highest BCUT2D eigenvalue weighted by atomic mass is 35.5. The molecule has 5 heteroatoms. The van der Waals surface area contributed by atoms with E-state index >= 15 is 0 Å². The second-order valence-corrected chi connectivity index (χ2v) is 4.23. The maximum atomic E-state index is 13.4. The molecule has 0 atom stereocenters. The molecule has 1 aromatic heterocycles. The Kier molecular flexibility index (Phi) is 4.83. The van der Waals surface area contributed by atoms with E-state index in [0.717, 1.165) is 12.8 Å². The van der Waals surface area contributed by atoms with Crippen LogP contribution >= 0.6 is 11.6 Å². The number of rotatable bonds is 5. The smallest absolute Gasteiger partial charge is 0.181 e. The van der Waals surface area contributed by atoms with Crippen molar-refractivity contribution in [3.63, 3.8) is 0 Å². The average Bonchev–Trinajstić information content (AvgIpc) is 2.32. The number of hydrogen-bond donors (Lipinski definition) is 0. The average molecular weight is 261 g/mol. The molecule has 0 aliphatic carbocycles. The molecule has 3 nitrogen and oxygen atoms in total. The quantitative estimate of drug-likeness (QED) is 0.759. The Balaban J connectivity index is 3.28. The predicted molar refractivity (Wildman–Crippen MR) is 65.6 cm³/mol. The fraction of sp³-hybridized carbons (Fsp3) is 0.667. The minimum Gasteiger partial charge on any atom is -0.367 e. The molecule has 0 aliphatic heterocycles. The van der Waals surface area contributed by atoms with Gasteiger partial charge in [-0.2, -0.15) is 0 Å². The van der Waals surface area contributed by atoms with E-state index in [0.29, 0.717) is 12.4 Å². The molecule has 0 spiro atoms. The lowest BCUT2D eigenvalue weighted by Crippen LogP contribution is -2.31. The zero-order valence-electron chi connectivity index (χ0n) is 10.7. The molecule has 1 aromatic rings. The molecule has 0 saturated heterocycles. The number of aryl methyl sites for hydroxylation is 1. The van der Waals surface area contributed by atoms with Crippen LogP contribution in [0.25, 0.3) is 0 Å². The van der Waals surface area contributed by atoms with Crippen molar-refractivity contribution in [2.45, 2.75) is 46.1 Å². The van der Waals surface area contributed by atoms with Crippen molar-refractivity contribution >= 4 is 11.6 Å².